The molecule has 0 saturated heterocycles. The van der Waals surface area contributed by atoms with Gasteiger partial charge >= 0.3 is 0 Å². The number of fused-ring (bicyclic) bond motifs is 1. The summed E-state index contributed by atoms with van der Waals surface area (Å²) in [6, 6.07) is 19.2. The normalized spacial score (nSPS) is 11.9. The van der Waals surface area contributed by atoms with Crippen LogP contribution in [0.4, 0.5) is 0 Å². The highest BCUT2D eigenvalue weighted by Gasteiger charge is 2.22. The van der Waals surface area contributed by atoms with Gasteiger partial charge in [-0.15, -0.1) is 0 Å². The summed E-state index contributed by atoms with van der Waals surface area (Å²) < 4.78 is 32.4. The van der Waals surface area contributed by atoms with Gasteiger partial charge in [0, 0.05) is 24.8 Å². The molecule has 4 rings (SSSR count). The second-order valence-electron chi connectivity index (χ2n) is 7.81. The maximum absolute atomic E-state index is 12.6. The molecule has 2 heterocycles. The van der Waals surface area contributed by atoms with E-state index in [0.29, 0.717) is 29.1 Å². The molecule has 0 aliphatic rings. The first-order valence-electron chi connectivity index (χ1n) is 10.3. The lowest BCUT2D eigenvalue weighted by molar-refractivity contribution is 0.232. The highest BCUT2D eigenvalue weighted by Crippen LogP contribution is 2.31. The number of benzene rings is 2. The van der Waals surface area contributed by atoms with Crippen LogP contribution in [-0.4, -0.2) is 53.7 Å². The van der Waals surface area contributed by atoms with Crippen molar-refractivity contribution in [2.24, 2.45) is 0 Å². The lowest BCUT2D eigenvalue weighted by atomic mass is 10.2. The number of hydrogen-bond acceptors (Lipinski definition) is 6. The van der Waals surface area contributed by atoms with Crippen LogP contribution in [-0.2, 0) is 16.6 Å². The summed E-state index contributed by atoms with van der Waals surface area (Å²) in [5.41, 5.74) is 3.61. The predicted octanol–water partition coefficient (Wildman–Crippen LogP) is 3.73. The van der Waals surface area contributed by atoms with Gasteiger partial charge < -0.3 is 4.74 Å². The number of ether oxygens (including phenoxy) is 1. The minimum absolute atomic E-state index is 0.290. The summed E-state index contributed by atoms with van der Waals surface area (Å²) in [5, 5.41) is 0. The molecule has 0 spiro atoms. The molecule has 0 unspecified atom stereocenters. The Morgan fingerprint density at radius 1 is 1.03 bits per heavy atom. The number of likely N-dealkylation sites (N-methyl/N-ethyl adjacent to an activating group) is 1. The molecule has 4 aromatic rings. The van der Waals surface area contributed by atoms with Crippen LogP contribution in [0, 0.1) is 6.92 Å². The van der Waals surface area contributed by atoms with E-state index in [1.807, 2.05) is 31.2 Å². The SMILES string of the molecule is Cc1c(OCCN(C)Cc2ccccc2)ccnc1-c1nc2ccccc2n1S(C)(=O)=O. The summed E-state index contributed by atoms with van der Waals surface area (Å²) >= 11 is 0. The number of hydrogen-bond donors (Lipinski definition) is 0. The topological polar surface area (TPSA) is 77.3 Å². The molecule has 0 atom stereocenters. The number of nitrogens with zero attached hydrogens (tertiary/aromatic N) is 4. The zero-order valence-electron chi connectivity index (χ0n) is 18.4. The number of imidazole rings is 1. The van der Waals surface area contributed by atoms with Gasteiger partial charge in [-0.2, -0.15) is 0 Å². The largest absolute Gasteiger partial charge is 0.492 e. The molecule has 32 heavy (non-hydrogen) atoms. The van der Waals surface area contributed by atoms with Gasteiger partial charge in [-0.3, -0.25) is 9.88 Å². The van der Waals surface area contributed by atoms with Crippen LogP contribution in [0.15, 0.2) is 66.9 Å². The van der Waals surface area contributed by atoms with E-state index in [1.54, 1.807) is 30.5 Å². The van der Waals surface area contributed by atoms with Gasteiger partial charge in [0.1, 0.15) is 18.1 Å². The summed E-state index contributed by atoms with van der Waals surface area (Å²) in [6.07, 6.45) is 2.79. The van der Waals surface area contributed by atoms with E-state index in [4.69, 9.17) is 4.74 Å². The molecule has 0 radical (unpaired) electrons. The fourth-order valence-corrected chi connectivity index (χ4v) is 4.63. The Bertz CT molecular complexity index is 1330. The second-order valence-corrected chi connectivity index (χ2v) is 9.64. The molecule has 0 aliphatic carbocycles. The highest BCUT2D eigenvalue weighted by molar-refractivity contribution is 7.89. The molecule has 0 amide bonds. The van der Waals surface area contributed by atoms with Crippen LogP contribution in [0.25, 0.3) is 22.6 Å². The Kier molecular flexibility index (Phi) is 6.25. The van der Waals surface area contributed by atoms with Crippen molar-refractivity contribution in [2.45, 2.75) is 13.5 Å². The van der Waals surface area contributed by atoms with E-state index in [1.165, 1.54) is 15.8 Å². The lowest BCUT2D eigenvalue weighted by Crippen LogP contribution is -2.24. The van der Waals surface area contributed by atoms with E-state index in [0.717, 1.165) is 18.7 Å². The second kappa shape index (κ2) is 9.10. The third kappa shape index (κ3) is 4.66. The summed E-state index contributed by atoms with van der Waals surface area (Å²) in [4.78, 5) is 11.2. The molecule has 0 fully saturated rings. The Hall–Kier alpha value is -3.23. The molecule has 0 saturated carbocycles. The Labute approximate surface area is 188 Å². The minimum Gasteiger partial charge on any atom is -0.492 e. The molecular weight excluding hydrogens is 424 g/mol. The van der Waals surface area contributed by atoms with Gasteiger partial charge in [-0.1, -0.05) is 42.5 Å². The van der Waals surface area contributed by atoms with Crippen LogP contribution in [0.2, 0.25) is 0 Å². The van der Waals surface area contributed by atoms with Crippen molar-refractivity contribution >= 4 is 21.1 Å². The van der Waals surface area contributed by atoms with E-state index in [9.17, 15) is 8.42 Å². The zero-order chi connectivity index (χ0) is 22.7. The van der Waals surface area contributed by atoms with Crippen molar-refractivity contribution in [3.8, 4) is 17.3 Å². The van der Waals surface area contributed by atoms with Gasteiger partial charge in [0.2, 0.25) is 10.0 Å². The molecular formula is C24H26N4O3S. The quantitative estimate of drug-likeness (QED) is 0.407. The molecule has 7 nitrogen and oxygen atoms in total. The van der Waals surface area contributed by atoms with Gasteiger partial charge in [0.25, 0.3) is 0 Å². The maximum Gasteiger partial charge on any atom is 0.237 e. The first-order chi connectivity index (χ1) is 15.3. The van der Waals surface area contributed by atoms with Gasteiger partial charge in [0.15, 0.2) is 5.82 Å². The molecule has 0 bridgehead atoms. The Morgan fingerprint density at radius 2 is 1.75 bits per heavy atom. The average Bonchev–Trinajstić information content (AvgIpc) is 3.15. The minimum atomic E-state index is -3.59. The van der Waals surface area contributed by atoms with Crippen molar-refractivity contribution in [3.05, 3.63) is 78.0 Å². The first kappa shape index (κ1) is 22.0. The van der Waals surface area contributed by atoms with Crippen molar-refractivity contribution < 1.29 is 13.2 Å². The predicted molar refractivity (Wildman–Crippen MR) is 126 cm³/mol. The van der Waals surface area contributed by atoms with E-state index < -0.39 is 10.0 Å². The first-order valence-corrected chi connectivity index (χ1v) is 12.2. The van der Waals surface area contributed by atoms with Gasteiger partial charge in [-0.25, -0.2) is 17.4 Å². The molecule has 2 aromatic carbocycles. The lowest BCUT2D eigenvalue weighted by Gasteiger charge is -2.18. The van der Waals surface area contributed by atoms with Crippen LogP contribution < -0.4 is 4.74 Å². The summed E-state index contributed by atoms with van der Waals surface area (Å²) in [6.45, 7) is 3.95. The van der Waals surface area contributed by atoms with Gasteiger partial charge in [0.05, 0.1) is 17.3 Å². The standard InChI is InChI=1S/C24H26N4O3S/c1-18-22(31-16-15-27(2)17-19-9-5-4-6-10-19)13-14-25-23(18)24-26-20-11-7-8-12-21(20)28(24)32(3,29)30/h4-14H,15-17H2,1-3H3. The van der Waals surface area contributed by atoms with Crippen molar-refractivity contribution in [2.75, 3.05) is 26.5 Å². The number of rotatable bonds is 8. The molecule has 166 valence electrons. The fourth-order valence-electron chi connectivity index (χ4n) is 3.67. The summed E-state index contributed by atoms with van der Waals surface area (Å²) in [5.74, 6) is 0.952. The van der Waals surface area contributed by atoms with Crippen molar-refractivity contribution in [3.63, 3.8) is 0 Å². The van der Waals surface area contributed by atoms with E-state index >= 15 is 0 Å². The summed E-state index contributed by atoms with van der Waals surface area (Å²) in [7, 11) is -1.53. The fraction of sp³-hybridized carbons (Fsp3) is 0.250. The van der Waals surface area contributed by atoms with Crippen LogP contribution >= 0.6 is 0 Å². The smallest absolute Gasteiger partial charge is 0.237 e. The van der Waals surface area contributed by atoms with Crippen LogP contribution in [0.3, 0.4) is 0 Å². The molecule has 8 heteroatoms. The van der Waals surface area contributed by atoms with Crippen LogP contribution in [0.5, 0.6) is 5.75 Å². The Balaban J connectivity index is 1.56. The Morgan fingerprint density at radius 3 is 2.50 bits per heavy atom. The third-order valence-electron chi connectivity index (χ3n) is 5.24. The maximum atomic E-state index is 12.6. The van der Waals surface area contributed by atoms with Crippen LogP contribution in [0.1, 0.15) is 11.1 Å². The zero-order valence-corrected chi connectivity index (χ0v) is 19.2. The number of para-hydroxylation sites is 2. The van der Waals surface area contributed by atoms with Crippen molar-refractivity contribution in [1.82, 2.24) is 18.8 Å². The molecule has 2 aromatic heterocycles. The van der Waals surface area contributed by atoms with Gasteiger partial charge in [-0.05, 0) is 37.7 Å². The molecule has 0 aliphatic heterocycles. The average molecular weight is 451 g/mol. The van der Waals surface area contributed by atoms with E-state index in [2.05, 4.69) is 34.0 Å². The number of pyridine rings is 1. The monoisotopic (exact) mass is 450 g/mol. The van der Waals surface area contributed by atoms with E-state index in [-0.39, 0.29) is 5.82 Å². The number of aromatic nitrogens is 3. The molecule has 0 N–H and O–H groups in total. The third-order valence-corrected chi connectivity index (χ3v) is 6.28. The highest BCUT2D eigenvalue weighted by atomic mass is 32.2. The van der Waals surface area contributed by atoms with Crippen molar-refractivity contribution in [1.29, 1.82) is 0 Å².